The number of amides is 2. The van der Waals surface area contributed by atoms with E-state index in [1.54, 1.807) is 6.07 Å². The summed E-state index contributed by atoms with van der Waals surface area (Å²) in [5.74, 6) is -2.13. The molecule has 12 heteroatoms. The van der Waals surface area contributed by atoms with Gasteiger partial charge in [-0.15, -0.1) is 11.6 Å². The van der Waals surface area contributed by atoms with Gasteiger partial charge in [-0.1, -0.05) is 18.2 Å². The Bertz CT molecular complexity index is 845. The number of alkyl halides is 1. The molecule has 0 radical (unpaired) electrons. The molecule has 0 spiro atoms. The molecule has 0 saturated heterocycles. The Labute approximate surface area is 161 Å². The molecular formula is C15H19ClN4O6S. The number of ether oxygens (including phenoxy) is 2. The van der Waals surface area contributed by atoms with Gasteiger partial charge in [-0.3, -0.25) is 5.32 Å². The summed E-state index contributed by atoms with van der Waals surface area (Å²) in [6, 6.07) is 6.16. The Morgan fingerprint density at radius 3 is 2.56 bits per heavy atom. The van der Waals surface area contributed by atoms with Gasteiger partial charge in [-0.2, -0.15) is 4.99 Å². The predicted molar refractivity (Wildman–Crippen MR) is 97.4 cm³/mol. The maximum absolute atomic E-state index is 12.3. The third-order valence-electron chi connectivity index (χ3n) is 3.50. The Balaban J connectivity index is 2.28. The first-order valence-electron chi connectivity index (χ1n) is 7.58. The van der Waals surface area contributed by atoms with E-state index in [-0.39, 0.29) is 22.6 Å². The van der Waals surface area contributed by atoms with Crippen molar-refractivity contribution in [2.45, 2.75) is 16.8 Å². The standard InChI is InChI=1S/C15H19ClN4O6S/c1-25-12-8-13(26-2)18-15(17-12,11(21)9-16)19-14(22)20-27(23,24)10-6-4-3-5-7-10/h3-8,11,17,21H,9H2,1-2H3,(H2,19,20,22). The van der Waals surface area contributed by atoms with Crippen LogP contribution in [0.25, 0.3) is 0 Å². The van der Waals surface area contributed by atoms with E-state index in [2.05, 4.69) is 15.6 Å². The van der Waals surface area contributed by atoms with Crippen molar-refractivity contribution in [1.29, 1.82) is 0 Å². The van der Waals surface area contributed by atoms with Gasteiger partial charge < -0.3 is 19.9 Å². The van der Waals surface area contributed by atoms with Crippen LogP contribution in [0.4, 0.5) is 4.79 Å². The number of nitrogens with one attached hydrogen (secondary N) is 3. The number of hydrogen-bond acceptors (Lipinski definition) is 8. The highest BCUT2D eigenvalue weighted by Crippen LogP contribution is 2.19. The molecule has 0 fully saturated rings. The summed E-state index contributed by atoms with van der Waals surface area (Å²) in [5.41, 5.74) is 0. The van der Waals surface area contributed by atoms with E-state index in [1.165, 1.54) is 44.6 Å². The van der Waals surface area contributed by atoms with Gasteiger partial charge in [0.25, 0.3) is 10.0 Å². The number of aliphatic hydroxyl groups excluding tert-OH is 1. The van der Waals surface area contributed by atoms with Crippen LogP contribution in [-0.4, -0.2) is 57.4 Å². The fourth-order valence-electron chi connectivity index (χ4n) is 2.18. The number of aliphatic imine (C=N–C) groups is 1. The third-order valence-corrected chi connectivity index (χ3v) is 5.14. The van der Waals surface area contributed by atoms with Crippen LogP contribution in [0.2, 0.25) is 0 Å². The third kappa shape index (κ3) is 4.81. The number of sulfonamides is 1. The molecule has 0 aliphatic carbocycles. The van der Waals surface area contributed by atoms with Gasteiger partial charge in [0.05, 0.1) is 31.1 Å². The van der Waals surface area contributed by atoms with Crippen LogP contribution >= 0.6 is 11.6 Å². The number of nitrogens with zero attached hydrogens (tertiary/aromatic N) is 1. The summed E-state index contributed by atoms with van der Waals surface area (Å²) < 4.78 is 36.5. The number of hydrogen-bond donors (Lipinski definition) is 4. The first-order chi connectivity index (χ1) is 12.8. The van der Waals surface area contributed by atoms with Gasteiger partial charge in [0.15, 0.2) is 5.88 Å². The second kappa shape index (κ2) is 8.46. The van der Waals surface area contributed by atoms with Crippen LogP contribution < -0.4 is 15.4 Å². The van der Waals surface area contributed by atoms with Crippen molar-refractivity contribution < 1.29 is 27.8 Å². The van der Waals surface area contributed by atoms with Gasteiger partial charge in [0, 0.05) is 0 Å². The minimum absolute atomic E-state index is 0.0148. The summed E-state index contributed by atoms with van der Waals surface area (Å²) >= 11 is 5.72. The van der Waals surface area contributed by atoms with E-state index in [1.807, 2.05) is 4.72 Å². The Kier molecular flexibility index (Phi) is 6.52. The Morgan fingerprint density at radius 1 is 1.33 bits per heavy atom. The molecule has 2 amide bonds. The van der Waals surface area contributed by atoms with Gasteiger partial charge in [0.2, 0.25) is 11.7 Å². The van der Waals surface area contributed by atoms with Crippen molar-refractivity contribution in [3.05, 3.63) is 42.3 Å². The first-order valence-corrected chi connectivity index (χ1v) is 9.60. The van der Waals surface area contributed by atoms with E-state index in [0.29, 0.717) is 0 Å². The first kappa shape index (κ1) is 20.8. The number of urea groups is 1. The van der Waals surface area contributed by atoms with Crippen molar-refractivity contribution in [3.63, 3.8) is 0 Å². The highest BCUT2D eigenvalue weighted by Gasteiger charge is 2.43. The van der Waals surface area contributed by atoms with Gasteiger partial charge in [-0.05, 0) is 12.1 Å². The monoisotopic (exact) mass is 418 g/mol. The molecule has 0 aromatic heterocycles. The molecule has 2 rings (SSSR count). The van der Waals surface area contributed by atoms with Crippen LogP contribution in [-0.2, 0) is 19.5 Å². The molecule has 0 bridgehead atoms. The molecule has 1 aliphatic rings. The van der Waals surface area contributed by atoms with E-state index in [9.17, 15) is 18.3 Å². The Morgan fingerprint density at radius 2 is 2.00 bits per heavy atom. The zero-order chi connectivity index (χ0) is 20.1. The highest BCUT2D eigenvalue weighted by molar-refractivity contribution is 7.90. The maximum Gasteiger partial charge on any atom is 0.332 e. The molecule has 148 valence electrons. The topological polar surface area (TPSA) is 138 Å². The molecule has 10 nitrogen and oxygen atoms in total. The molecule has 1 aliphatic heterocycles. The van der Waals surface area contributed by atoms with Crippen LogP contribution in [0.15, 0.2) is 52.2 Å². The summed E-state index contributed by atoms with van der Waals surface area (Å²) in [5, 5.41) is 15.2. The van der Waals surface area contributed by atoms with Crippen LogP contribution in [0.5, 0.6) is 0 Å². The normalized spacial score (nSPS) is 20.4. The molecule has 2 atom stereocenters. The lowest BCUT2D eigenvalue weighted by molar-refractivity contribution is 0.0530. The number of benzene rings is 1. The number of carbonyl (C=O) groups excluding carboxylic acids is 1. The van der Waals surface area contributed by atoms with Crippen molar-refractivity contribution in [3.8, 4) is 0 Å². The average molecular weight is 419 g/mol. The van der Waals surface area contributed by atoms with Crippen LogP contribution in [0.1, 0.15) is 0 Å². The number of rotatable bonds is 6. The molecule has 1 aromatic carbocycles. The minimum Gasteiger partial charge on any atom is -0.482 e. The quantitative estimate of drug-likeness (QED) is 0.479. The zero-order valence-electron chi connectivity index (χ0n) is 14.5. The highest BCUT2D eigenvalue weighted by atomic mass is 35.5. The lowest BCUT2D eigenvalue weighted by Gasteiger charge is -2.37. The fourth-order valence-corrected chi connectivity index (χ4v) is 3.33. The molecular weight excluding hydrogens is 400 g/mol. The average Bonchev–Trinajstić information content (AvgIpc) is 2.66. The summed E-state index contributed by atoms with van der Waals surface area (Å²) in [6.07, 6.45) is -0.0761. The minimum atomic E-state index is -4.14. The lowest BCUT2D eigenvalue weighted by Crippen LogP contribution is -2.68. The Hall–Kier alpha value is -2.50. The largest absolute Gasteiger partial charge is 0.482 e. The van der Waals surface area contributed by atoms with E-state index < -0.39 is 27.9 Å². The van der Waals surface area contributed by atoms with Crippen molar-refractivity contribution >= 4 is 33.6 Å². The molecule has 27 heavy (non-hydrogen) atoms. The number of carbonyl (C=O) groups is 1. The fraction of sp³-hybridized carbons (Fsp3) is 0.333. The van der Waals surface area contributed by atoms with Crippen molar-refractivity contribution in [2.75, 3.05) is 20.1 Å². The summed E-state index contributed by atoms with van der Waals surface area (Å²) in [4.78, 5) is 16.3. The second-order valence-electron chi connectivity index (χ2n) is 5.30. The second-order valence-corrected chi connectivity index (χ2v) is 7.29. The number of halogens is 1. The van der Waals surface area contributed by atoms with Crippen molar-refractivity contribution in [1.82, 2.24) is 15.4 Å². The van der Waals surface area contributed by atoms with Crippen LogP contribution in [0.3, 0.4) is 0 Å². The van der Waals surface area contributed by atoms with Gasteiger partial charge >= 0.3 is 6.03 Å². The maximum atomic E-state index is 12.3. The number of aliphatic hydroxyl groups is 1. The molecule has 0 saturated carbocycles. The smallest absolute Gasteiger partial charge is 0.332 e. The van der Waals surface area contributed by atoms with Gasteiger partial charge in [0.1, 0.15) is 6.10 Å². The molecule has 2 unspecified atom stereocenters. The number of methoxy groups -OCH3 is 2. The summed E-state index contributed by atoms with van der Waals surface area (Å²) in [6.45, 7) is 0. The van der Waals surface area contributed by atoms with E-state index >= 15 is 0 Å². The zero-order valence-corrected chi connectivity index (χ0v) is 16.0. The van der Waals surface area contributed by atoms with E-state index in [4.69, 9.17) is 21.1 Å². The van der Waals surface area contributed by atoms with Gasteiger partial charge in [-0.25, -0.2) is 17.9 Å². The predicted octanol–water partition coefficient (Wildman–Crippen LogP) is 0.0639. The van der Waals surface area contributed by atoms with Crippen molar-refractivity contribution in [2.24, 2.45) is 4.99 Å². The van der Waals surface area contributed by atoms with Crippen LogP contribution in [0, 0.1) is 0 Å². The SMILES string of the molecule is COC1=CC(OC)=NC(NC(=O)NS(=O)(=O)c2ccccc2)(C(O)CCl)N1. The molecule has 1 heterocycles. The lowest BCUT2D eigenvalue weighted by atomic mass is 10.2. The summed E-state index contributed by atoms with van der Waals surface area (Å²) in [7, 11) is -1.47. The molecule has 4 N–H and O–H groups in total. The van der Waals surface area contributed by atoms with E-state index in [0.717, 1.165) is 0 Å². The molecule has 1 aromatic rings.